The van der Waals surface area contributed by atoms with Crippen molar-refractivity contribution < 1.29 is 4.79 Å². The van der Waals surface area contributed by atoms with E-state index in [4.69, 9.17) is 5.73 Å². The van der Waals surface area contributed by atoms with Crippen molar-refractivity contribution in [3.05, 3.63) is 35.4 Å². The van der Waals surface area contributed by atoms with Crippen LogP contribution in [0.2, 0.25) is 0 Å². The van der Waals surface area contributed by atoms with Crippen LogP contribution >= 0.6 is 0 Å². The number of aryl methyl sites for hydroxylation is 1. The Labute approximate surface area is 103 Å². The summed E-state index contributed by atoms with van der Waals surface area (Å²) in [6.07, 6.45) is 3.25. The monoisotopic (exact) mass is 234 g/mol. The molecule has 0 spiro atoms. The summed E-state index contributed by atoms with van der Waals surface area (Å²) in [5.41, 5.74) is 7.96. The van der Waals surface area contributed by atoms with Crippen LogP contribution in [-0.2, 0) is 17.6 Å². The van der Waals surface area contributed by atoms with E-state index in [0.717, 1.165) is 19.3 Å². The molecule has 0 heterocycles. The largest absolute Gasteiger partial charge is 0.356 e. The molecule has 17 heavy (non-hydrogen) atoms. The zero-order valence-electron chi connectivity index (χ0n) is 10.5. The Bertz CT molecular complexity index is 333. The Morgan fingerprint density at radius 2 is 1.88 bits per heavy atom. The van der Waals surface area contributed by atoms with E-state index in [0.29, 0.717) is 19.5 Å². The van der Waals surface area contributed by atoms with E-state index in [9.17, 15) is 4.79 Å². The Balaban J connectivity index is 2.23. The van der Waals surface area contributed by atoms with Crippen molar-refractivity contribution in [3.8, 4) is 0 Å². The lowest BCUT2D eigenvalue weighted by Gasteiger charge is -2.05. The normalized spacial score (nSPS) is 10.2. The number of amides is 1. The van der Waals surface area contributed by atoms with E-state index >= 15 is 0 Å². The van der Waals surface area contributed by atoms with Gasteiger partial charge in [0, 0.05) is 13.0 Å². The summed E-state index contributed by atoms with van der Waals surface area (Å²) in [5, 5.41) is 2.90. The maximum absolute atomic E-state index is 11.3. The highest BCUT2D eigenvalue weighted by Crippen LogP contribution is 2.05. The summed E-state index contributed by atoms with van der Waals surface area (Å²) in [6.45, 7) is 3.42. The Morgan fingerprint density at radius 1 is 1.24 bits per heavy atom. The zero-order valence-corrected chi connectivity index (χ0v) is 10.5. The van der Waals surface area contributed by atoms with E-state index < -0.39 is 0 Å². The van der Waals surface area contributed by atoms with Gasteiger partial charge in [-0.3, -0.25) is 4.79 Å². The highest BCUT2D eigenvalue weighted by Gasteiger charge is 1.99. The molecule has 1 amide bonds. The average molecular weight is 234 g/mol. The molecule has 0 aliphatic carbocycles. The summed E-state index contributed by atoms with van der Waals surface area (Å²) in [6, 6.07) is 8.55. The molecule has 0 saturated carbocycles. The average Bonchev–Trinajstić information content (AvgIpc) is 2.37. The molecule has 0 aliphatic rings. The molecule has 0 radical (unpaired) electrons. The summed E-state index contributed by atoms with van der Waals surface area (Å²) in [4.78, 5) is 11.3. The Hall–Kier alpha value is -1.35. The van der Waals surface area contributed by atoms with Crippen LogP contribution in [0.25, 0.3) is 0 Å². The van der Waals surface area contributed by atoms with E-state index in [2.05, 4.69) is 36.5 Å². The molecule has 0 aromatic heterocycles. The Kier molecular flexibility index (Phi) is 6.33. The van der Waals surface area contributed by atoms with Gasteiger partial charge in [0.2, 0.25) is 5.91 Å². The van der Waals surface area contributed by atoms with Gasteiger partial charge in [0.05, 0.1) is 0 Å². The second-order valence-corrected chi connectivity index (χ2v) is 4.16. The highest BCUT2D eigenvalue weighted by molar-refractivity contribution is 5.75. The molecule has 1 aromatic carbocycles. The summed E-state index contributed by atoms with van der Waals surface area (Å²) in [7, 11) is 0. The third-order valence-electron chi connectivity index (χ3n) is 2.78. The number of hydrogen-bond donors (Lipinski definition) is 2. The van der Waals surface area contributed by atoms with Gasteiger partial charge in [0.1, 0.15) is 0 Å². The van der Waals surface area contributed by atoms with Gasteiger partial charge in [-0.2, -0.15) is 0 Å². The zero-order chi connectivity index (χ0) is 12.5. The van der Waals surface area contributed by atoms with Crippen molar-refractivity contribution in [2.75, 3.05) is 13.1 Å². The Morgan fingerprint density at radius 3 is 2.47 bits per heavy atom. The van der Waals surface area contributed by atoms with Crippen LogP contribution in [0.15, 0.2) is 24.3 Å². The van der Waals surface area contributed by atoms with Gasteiger partial charge in [-0.1, -0.05) is 31.2 Å². The van der Waals surface area contributed by atoms with Crippen molar-refractivity contribution in [2.24, 2.45) is 5.73 Å². The molecular weight excluding hydrogens is 212 g/mol. The quantitative estimate of drug-likeness (QED) is 0.753. The molecule has 0 saturated heterocycles. The predicted molar refractivity (Wildman–Crippen MR) is 70.8 cm³/mol. The fourth-order valence-electron chi connectivity index (χ4n) is 1.64. The van der Waals surface area contributed by atoms with Crippen LogP contribution in [0, 0.1) is 0 Å². The number of hydrogen-bond acceptors (Lipinski definition) is 2. The molecule has 3 nitrogen and oxygen atoms in total. The van der Waals surface area contributed by atoms with Crippen LogP contribution < -0.4 is 11.1 Å². The van der Waals surface area contributed by atoms with Crippen LogP contribution in [0.1, 0.15) is 30.9 Å². The molecule has 3 heteroatoms. The first-order valence-electron chi connectivity index (χ1n) is 6.31. The molecule has 1 rings (SSSR count). The molecule has 3 N–H and O–H groups in total. The third kappa shape index (κ3) is 5.50. The number of benzene rings is 1. The van der Waals surface area contributed by atoms with Crippen molar-refractivity contribution in [3.63, 3.8) is 0 Å². The van der Waals surface area contributed by atoms with E-state index in [1.165, 1.54) is 11.1 Å². The molecule has 0 bridgehead atoms. The first-order valence-corrected chi connectivity index (χ1v) is 6.31. The smallest absolute Gasteiger partial charge is 0.220 e. The van der Waals surface area contributed by atoms with E-state index in [1.807, 2.05) is 0 Å². The predicted octanol–water partition coefficient (Wildman–Crippen LogP) is 1.65. The van der Waals surface area contributed by atoms with Gasteiger partial charge in [0.15, 0.2) is 0 Å². The minimum Gasteiger partial charge on any atom is -0.356 e. The van der Waals surface area contributed by atoms with Crippen LogP contribution in [0.4, 0.5) is 0 Å². The molecular formula is C14H22N2O. The molecule has 0 fully saturated rings. The molecule has 0 atom stereocenters. The van der Waals surface area contributed by atoms with Crippen LogP contribution in [0.5, 0.6) is 0 Å². The van der Waals surface area contributed by atoms with Gasteiger partial charge in [0.25, 0.3) is 0 Å². The summed E-state index contributed by atoms with van der Waals surface area (Å²) >= 11 is 0. The van der Waals surface area contributed by atoms with Gasteiger partial charge in [-0.05, 0) is 36.9 Å². The number of carbonyl (C=O) groups is 1. The lowest BCUT2D eigenvalue weighted by Crippen LogP contribution is -2.25. The SMILES string of the molecule is CCc1ccc(CCNC(=O)CCCN)cc1. The van der Waals surface area contributed by atoms with Gasteiger partial charge in [-0.15, -0.1) is 0 Å². The maximum atomic E-state index is 11.3. The van der Waals surface area contributed by atoms with E-state index in [-0.39, 0.29) is 5.91 Å². The van der Waals surface area contributed by atoms with E-state index in [1.54, 1.807) is 0 Å². The summed E-state index contributed by atoms with van der Waals surface area (Å²) in [5.74, 6) is 0.0978. The highest BCUT2D eigenvalue weighted by atomic mass is 16.1. The lowest BCUT2D eigenvalue weighted by atomic mass is 10.1. The molecule has 0 aliphatic heterocycles. The number of nitrogens with two attached hydrogens (primary N) is 1. The molecule has 1 aromatic rings. The van der Waals surface area contributed by atoms with Gasteiger partial charge in [-0.25, -0.2) is 0 Å². The fourth-order valence-corrected chi connectivity index (χ4v) is 1.64. The topological polar surface area (TPSA) is 55.1 Å². The minimum atomic E-state index is 0.0978. The van der Waals surface area contributed by atoms with Crippen LogP contribution in [-0.4, -0.2) is 19.0 Å². The second kappa shape index (κ2) is 7.85. The number of nitrogens with one attached hydrogen (secondary N) is 1. The first-order chi connectivity index (χ1) is 8.26. The van der Waals surface area contributed by atoms with Crippen molar-refractivity contribution >= 4 is 5.91 Å². The van der Waals surface area contributed by atoms with Crippen molar-refractivity contribution in [1.82, 2.24) is 5.32 Å². The number of rotatable bonds is 7. The first kappa shape index (κ1) is 13.7. The number of carbonyl (C=O) groups excluding carboxylic acids is 1. The standard InChI is InChI=1S/C14H22N2O/c1-2-12-5-7-13(8-6-12)9-11-16-14(17)4-3-10-15/h5-8H,2-4,9-11,15H2,1H3,(H,16,17). The van der Waals surface area contributed by atoms with Crippen molar-refractivity contribution in [1.29, 1.82) is 0 Å². The summed E-state index contributed by atoms with van der Waals surface area (Å²) < 4.78 is 0. The molecule has 0 unspecified atom stereocenters. The second-order valence-electron chi connectivity index (χ2n) is 4.16. The lowest BCUT2D eigenvalue weighted by molar-refractivity contribution is -0.121. The van der Waals surface area contributed by atoms with Gasteiger partial charge >= 0.3 is 0 Å². The third-order valence-corrected chi connectivity index (χ3v) is 2.78. The van der Waals surface area contributed by atoms with Crippen LogP contribution in [0.3, 0.4) is 0 Å². The maximum Gasteiger partial charge on any atom is 0.220 e. The van der Waals surface area contributed by atoms with Gasteiger partial charge < -0.3 is 11.1 Å². The fraction of sp³-hybridized carbons (Fsp3) is 0.500. The molecule has 94 valence electrons. The van der Waals surface area contributed by atoms with Crippen molar-refractivity contribution in [2.45, 2.75) is 32.6 Å². The minimum absolute atomic E-state index is 0.0978.